The van der Waals surface area contributed by atoms with Gasteiger partial charge < -0.3 is 16.4 Å². The Kier molecular flexibility index (Phi) is 3.13. The minimum absolute atomic E-state index is 0.0610. The lowest BCUT2D eigenvalue weighted by Crippen LogP contribution is -2.19. The fraction of sp³-hybridized carbons (Fsp3) is 0.214. The molecule has 19 heavy (non-hydrogen) atoms. The van der Waals surface area contributed by atoms with Crippen molar-refractivity contribution in [3.05, 3.63) is 40.1 Å². The zero-order valence-corrected chi connectivity index (χ0v) is 11.2. The van der Waals surface area contributed by atoms with Crippen LogP contribution in [0.3, 0.4) is 0 Å². The molecular weight excluding hydrogens is 258 g/mol. The van der Waals surface area contributed by atoms with Gasteiger partial charge in [0.05, 0.1) is 11.4 Å². The van der Waals surface area contributed by atoms with Gasteiger partial charge in [-0.1, -0.05) is 0 Å². The van der Waals surface area contributed by atoms with E-state index in [4.69, 9.17) is 5.73 Å². The quantitative estimate of drug-likeness (QED) is 0.753. The highest BCUT2D eigenvalue weighted by atomic mass is 32.1. The van der Waals surface area contributed by atoms with Crippen molar-refractivity contribution in [2.75, 3.05) is 16.4 Å². The summed E-state index contributed by atoms with van der Waals surface area (Å²) in [6, 6.07) is 5.96. The second-order valence-electron chi connectivity index (χ2n) is 4.63. The Labute approximate surface area is 115 Å². The fourth-order valence-electron chi connectivity index (χ4n) is 2.19. The van der Waals surface area contributed by atoms with E-state index in [1.807, 2.05) is 12.1 Å². The van der Waals surface area contributed by atoms with E-state index in [1.54, 1.807) is 11.3 Å². The lowest BCUT2D eigenvalue weighted by atomic mass is 10.0. The zero-order valence-electron chi connectivity index (χ0n) is 10.4. The molecule has 0 radical (unpaired) electrons. The van der Waals surface area contributed by atoms with Crippen LogP contribution in [-0.2, 0) is 17.8 Å². The third-order valence-electron chi connectivity index (χ3n) is 3.23. The Morgan fingerprint density at radius 2 is 2.26 bits per heavy atom. The molecule has 98 valence electrons. The highest BCUT2D eigenvalue weighted by Crippen LogP contribution is 2.31. The standard InChI is InChI=1S/C14H15N3OS/c15-11-6-12-10(1-2-14(18)17-12)5-13(11)16-7-9-3-4-19-8-9/h3-6,8,16H,1-2,7,15H2,(H,17,18). The van der Waals surface area contributed by atoms with Gasteiger partial charge in [0, 0.05) is 18.7 Å². The van der Waals surface area contributed by atoms with E-state index in [-0.39, 0.29) is 5.91 Å². The van der Waals surface area contributed by atoms with Crippen LogP contribution in [0.4, 0.5) is 17.1 Å². The highest BCUT2D eigenvalue weighted by molar-refractivity contribution is 7.07. The van der Waals surface area contributed by atoms with Gasteiger partial charge in [0.1, 0.15) is 0 Å². The number of fused-ring (bicyclic) bond motifs is 1. The number of nitrogens with two attached hydrogens (primary N) is 1. The Morgan fingerprint density at radius 1 is 1.37 bits per heavy atom. The van der Waals surface area contributed by atoms with Gasteiger partial charge in [0.2, 0.25) is 5.91 Å². The van der Waals surface area contributed by atoms with Crippen LogP contribution in [0.5, 0.6) is 0 Å². The van der Waals surface area contributed by atoms with Gasteiger partial charge in [-0.2, -0.15) is 11.3 Å². The second-order valence-corrected chi connectivity index (χ2v) is 5.41. The molecule has 0 fully saturated rings. The maximum Gasteiger partial charge on any atom is 0.224 e. The van der Waals surface area contributed by atoms with Crippen LogP contribution in [0.1, 0.15) is 17.5 Å². The summed E-state index contributed by atoms with van der Waals surface area (Å²) in [5.41, 5.74) is 10.8. The predicted octanol–water partition coefficient (Wildman–Crippen LogP) is 2.83. The van der Waals surface area contributed by atoms with E-state index in [0.29, 0.717) is 12.1 Å². The molecule has 5 heteroatoms. The van der Waals surface area contributed by atoms with E-state index < -0.39 is 0 Å². The van der Waals surface area contributed by atoms with E-state index in [2.05, 4.69) is 27.5 Å². The average molecular weight is 273 g/mol. The van der Waals surface area contributed by atoms with Crippen molar-refractivity contribution in [2.24, 2.45) is 0 Å². The number of nitrogens with one attached hydrogen (secondary N) is 2. The number of aryl methyl sites for hydroxylation is 1. The molecule has 2 heterocycles. The van der Waals surface area contributed by atoms with Crippen LogP contribution < -0.4 is 16.4 Å². The van der Waals surface area contributed by atoms with E-state index in [9.17, 15) is 4.79 Å². The van der Waals surface area contributed by atoms with E-state index >= 15 is 0 Å². The van der Waals surface area contributed by atoms with Crippen LogP contribution in [0.15, 0.2) is 29.0 Å². The lowest BCUT2D eigenvalue weighted by Gasteiger charge is -2.19. The Balaban J connectivity index is 1.80. The number of nitrogen functional groups attached to an aromatic ring is 1. The molecule has 0 saturated heterocycles. The van der Waals surface area contributed by atoms with E-state index in [1.165, 1.54) is 5.56 Å². The topological polar surface area (TPSA) is 67.1 Å². The van der Waals surface area contributed by atoms with Crippen molar-refractivity contribution in [3.8, 4) is 0 Å². The molecule has 1 aromatic carbocycles. The van der Waals surface area contributed by atoms with Gasteiger partial charge >= 0.3 is 0 Å². The SMILES string of the molecule is Nc1cc2c(cc1NCc1ccsc1)CCC(=O)N2. The van der Waals surface area contributed by atoms with Crippen LogP contribution >= 0.6 is 11.3 Å². The summed E-state index contributed by atoms with van der Waals surface area (Å²) in [5, 5.41) is 10.4. The molecule has 4 N–H and O–H groups in total. The first kappa shape index (κ1) is 12.0. The first-order chi connectivity index (χ1) is 9.22. The molecule has 1 aromatic heterocycles. The third kappa shape index (κ3) is 2.56. The maximum absolute atomic E-state index is 11.3. The van der Waals surface area contributed by atoms with Crippen LogP contribution in [0.2, 0.25) is 0 Å². The van der Waals surface area contributed by atoms with Crippen LogP contribution in [0, 0.1) is 0 Å². The fourth-order valence-corrected chi connectivity index (χ4v) is 2.86. The molecule has 0 aliphatic carbocycles. The zero-order chi connectivity index (χ0) is 13.2. The van der Waals surface area contributed by atoms with Crippen molar-refractivity contribution in [1.82, 2.24) is 0 Å². The summed E-state index contributed by atoms with van der Waals surface area (Å²) >= 11 is 1.68. The van der Waals surface area contributed by atoms with E-state index in [0.717, 1.165) is 29.9 Å². The largest absolute Gasteiger partial charge is 0.397 e. The number of hydrogen-bond donors (Lipinski definition) is 3. The smallest absolute Gasteiger partial charge is 0.224 e. The normalized spacial score (nSPS) is 13.8. The molecule has 0 spiro atoms. The highest BCUT2D eigenvalue weighted by Gasteiger charge is 2.16. The van der Waals surface area contributed by atoms with Gasteiger partial charge in [-0.15, -0.1) is 0 Å². The minimum atomic E-state index is 0.0610. The van der Waals surface area contributed by atoms with Crippen molar-refractivity contribution < 1.29 is 4.79 Å². The first-order valence-electron chi connectivity index (χ1n) is 6.19. The lowest BCUT2D eigenvalue weighted by molar-refractivity contribution is -0.116. The molecule has 1 aliphatic rings. The monoisotopic (exact) mass is 273 g/mol. The average Bonchev–Trinajstić information content (AvgIpc) is 2.89. The molecule has 0 bridgehead atoms. The Bertz CT molecular complexity index is 607. The number of hydrogen-bond acceptors (Lipinski definition) is 4. The summed E-state index contributed by atoms with van der Waals surface area (Å²) in [6.45, 7) is 0.763. The van der Waals surface area contributed by atoms with Crippen molar-refractivity contribution in [3.63, 3.8) is 0 Å². The summed E-state index contributed by atoms with van der Waals surface area (Å²) < 4.78 is 0. The molecule has 0 unspecified atom stereocenters. The number of rotatable bonds is 3. The maximum atomic E-state index is 11.3. The summed E-state index contributed by atoms with van der Waals surface area (Å²) in [6.07, 6.45) is 1.31. The molecular formula is C14H15N3OS. The first-order valence-corrected chi connectivity index (χ1v) is 7.14. The number of carbonyl (C=O) groups excluding carboxylic acids is 1. The molecule has 2 aromatic rings. The molecule has 0 saturated carbocycles. The summed E-state index contributed by atoms with van der Waals surface area (Å²) in [4.78, 5) is 11.3. The van der Waals surface area contributed by atoms with Gasteiger partial charge in [-0.25, -0.2) is 0 Å². The Hall–Kier alpha value is -2.01. The Morgan fingerprint density at radius 3 is 3.05 bits per heavy atom. The number of carbonyl (C=O) groups is 1. The van der Waals surface area contributed by atoms with Crippen molar-refractivity contribution in [1.29, 1.82) is 0 Å². The molecule has 0 atom stereocenters. The van der Waals surface area contributed by atoms with Crippen LogP contribution in [0.25, 0.3) is 0 Å². The molecule has 1 amide bonds. The number of benzene rings is 1. The second kappa shape index (κ2) is 4.93. The van der Waals surface area contributed by atoms with Gasteiger partial charge in [-0.05, 0) is 46.5 Å². The third-order valence-corrected chi connectivity index (χ3v) is 3.97. The number of anilines is 3. The van der Waals surface area contributed by atoms with Crippen molar-refractivity contribution in [2.45, 2.75) is 19.4 Å². The van der Waals surface area contributed by atoms with Gasteiger partial charge in [0.25, 0.3) is 0 Å². The van der Waals surface area contributed by atoms with Gasteiger partial charge in [0.15, 0.2) is 0 Å². The molecule has 4 nitrogen and oxygen atoms in total. The number of thiophene rings is 1. The summed E-state index contributed by atoms with van der Waals surface area (Å²) in [5.74, 6) is 0.0610. The van der Waals surface area contributed by atoms with Gasteiger partial charge in [-0.3, -0.25) is 4.79 Å². The number of amides is 1. The summed E-state index contributed by atoms with van der Waals surface area (Å²) in [7, 11) is 0. The molecule has 1 aliphatic heterocycles. The molecule has 3 rings (SSSR count). The van der Waals surface area contributed by atoms with Crippen LogP contribution in [-0.4, -0.2) is 5.91 Å². The minimum Gasteiger partial charge on any atom is -0.397 e. The van der Waals surface area contributed by atoms with Crippen molar-refractivity contribution >= 4 is 34.3 Å². The predicted molar refractivity (Wildman–Crippen MR) is 79.5 cm³/mol.